The third kappa shape index (κ3) is 8.45. The number of nitrogens with one attached hydrogen (secondary N) is 1. The fourth-order valence-electron chi connectivity index (χ4n) is 4.64. The summed E-state index contributed by atoms with van der Waals surface area (Å²) in [6.45, 7) is 3.22. The summed E-state index contributed by atoms with van der Waals surface area (Å²) in [6.07, 6.45) is 0.882. The molecule has 0 saturated carbocycles. The number of anilines is 1. The summed E-state index contributed by atoms with van der Waals surface area (Å²) >= 11 is 6.12. The zero-order chi connectivity index (χ0) is 31.7. The van der Waals surface area contributed by atoms with Crippen molar-refractivity contribution >= 4 is 39.1 Å². The Bertz CT molecular complexity index is 1640. The minimum Gasteiger partial charge on any atom is -0.352 e. The molecule has 4 aromatic rings. The maximum absolute atomic E-state index is 14.4. The van der Waals surface area contributed by atoms with Crippen LogP contribution in [0.25, 0.3) is 0 Å². The van der Waals surface area contributed by atoms with E-state index in [0.717, 1.165) is 22.0 Å². The molecule has 0 bridgehead atoms. The topological polar surface area (TPSA) is 86.8 Å². The number of halogens is 2. The van der Waals surface area contributed by atoms with Crippen molar-refractivity contribution in [3.8, 4) is 0 Å². The smallest absolute Gasteiger partial charge is 0.264 e. The third-order valence-corrected chi connectivity index (χ3v) is 9.30. The van der Waals surface area contributed by atoms with E-state index in [2.05, 4.69) is 5.32 Å². The summed E-state index contributed by atoms with van der Waals surface area (Å²) in [5.41, 5.74) is 1.65. The second kappa shape index (κ2) is 15.0. The van der Waals surface area contributed by atoms with Gasteiger partial charge in [0.25, 0.3) is 10.0 Å². The van der Waals surface area contributed by atoms with Crippen molar-refractivity contribution in [1.82, 2.24) is 10.2 Å². The number of sulfonamides is 1. The lowest BCUT2D eigenvalue weighted by Crippen LogP contribution is -2.54. The molecule has 1 N–H and O–H groups in total. The maximum Gasteiger partial charge on any atom is 0.264 e. The highest BCUT2D eigenvalue weighted by Gasteiger charge is 2.35. The summed E-state index contributed by atoms with van der Waals surface area (Å²) in [4.78, 5) is 29.6. The molecule has 0 saturated heterocycles. The number of hydrogen-bond donors (Lipinski definition) is 1. The Balaban J connectivity index is 1.79. The van der Waals surface area contributed by atoms with Gasteiger partial charge in [-0.1, -0.05) is 79.2 Å². The van der Waals surface area contributed by atoms with Crippen molar-refractivity contribution in [2.24, 2.45) is 0 Å². The van der Waals surface area contributed by atoms with Crippen molar-refractivity contribution in [3.63, 3.8) is 0 Å². The molecule has 4 aromatic carbocycles. The van der Waals surface area contributed by atoms with E-state index in [9.17, 15) is 22.4 Å². The lowest BCUT2D eigenvalue weighted by Gasteiger charge is -2.34. The lowest BCUT2D eigenvalue weighted by molar-refractivity contribution is -0.140. The van der Waals surface area contributed by atoms with Gasteiger partial charge in [-0.3, -0.25) is 13.9 Å². The Morgan fingerprint density at radius 3 is 2.02 bits per heavy atom. The van der Waals surface area contributed by atoms with Gasteiger partial charge < -0.3 is 10.2 Å². The van der Waals surface area contributed by atoms with Gasteiger partial charge in [0.15, 0.2) is 0 Å². The standard InChI is InChI=1S/C34H35ClFN3O4S/c1-3-25(2)37-34(41)32(22-26-10-6-4-7-11-26)38(23-27-14-16-28(35)17-15-27)33(40)24-39(30-20-18-29(36)19-21-30)44(42,43)31-12-8-5-9-13-31/h4-21,25,32H,3,22-24H2,1-2H3,(H,37,41). The molecule has 0 aliphatic rings. The molecule has 10 heteroatoms. The fraction of sp³-hybridized carbons (Fsp3) is 0.235. The molecule has 7 nitrogen and oxygen atoms in total. The highest BCUT2D eigenvalue weighted by Crippen LogP contribution is 2.25. The van der Waals surface area contributed by atoms with Gasteiger partial charge in [-0.25, -0.2) is 12.8 Å². The van der Waals surface area contributed by atoms with Gasteiger partial charge in [0, 0.05) is 24.0 Å². The number of rotatable bonds is 13. The Hall–Kier alpha value is -4.21. The van der Waals surface area contributed by atoms with E-state index in [1.807, 2.05) is 44.2 Å². The van der Waals surface area contributed by atoms with Crippen molar-refractivity contribution in [2.75, 3.05) is 10.8 Å². The average molecular weight is 636 g/mol. The van der Waals surface area contributed by atoms with Crippen LogP contribution in [0.1, 0.15) is 31.4 Å². The molecule has 4 rings (SSSR count). The van der Waals surface area contributed by atoms with Crippen LogP contribution >= 0.6 is 11.6 Å². The van der Waals surface area contributed by atoms with Crippen LogP contribution in [-0.2, 0) is 32.6 Å². The number of hydrogen-bond acceptors (Lipinski definition) is 4. The number of carbonyl (C=O) groups excluding carboxylic acids is 2. The van der Waals surface area contributed by atoms with E-state index in [-0.39, 0.29) is 35.5 Å². The molecular weight excluding hydrogens is 601 g/mol. The molecular formula is C34H35ClFN3O4S. The minimum atomic E-state index is -4.26. The molecule has 0 aliphatic carbocycles. The molecule has 2 unspecified atom stereocenters. The zero-order valence-electron chi connectivity index (χ0n) is 24.6. The van der Waals surface area contributed by atoms with E-state index in [1.54, 1.807) is 42.5 Å². The van der Waals surface area contributed by atoms with Crippen molar-refractivity contribution in [1.29, 1.82) is 0 Å². The van der Waals surface area contributed by atoms with Crippen LogP contribution in [0.3, 0.4) is 0 Å². The Morgan fingerprint density at radius 2 is 1.43 bits per heavy atom. The summed E-state index contributed by atoms with van der Waals surface area (Å²) in [5, 5.41) is 3.51. The molecule has 0 aliphatic heterocycles. The van der Waals surface area contributed by atoms with E-state index in [4.69, 9.17) is 11.6 Å². The van der Waals surface area contributed by atoms with E-state index in [0.29, 0.717) is 17.0 Å². The van der Waals surface area contributed by atoms with Crippen LogP contribution in [0.4, 0.5) is 10.1 Å². The molecule has 230 valence electrons. The summed E-state index contributed by atoms with van der Waals surface area (Å²) < 4.78 is 42.7. The first-order valence-electron chi connectivity index (χ1n) is 14.3. The predicted molar refractivity (Wildman–Crippen MR) is 171 cm³/mol. The van der Waals surface area contributed by atoms with Crippen LogP contribution < -0.4 is 9.62 Å². The molecule has 2 atom stereocenters. The van der Waals surface area contributed by atoms with E-state index >= 15 is 0 Å². The van der Waals surface area contributed by atoms with Crippen molar-refractivity contribution in [3.05, 3.63) is 131 Å². The van der Waals surface area contributed by atoms with Gasteiger partial charge in [0.2, 0.25) is 11.8 Å². The SMILES string of the molecule is CCC(C)NC(=O)C(Cc1ccccc1)N(Cc1ccc(Cl)cc1)C(=O)CN(c1ccc(F)cc1)S(=O)(=O)c1ccccc1. The van der Waals surface area contributed by atoms with Gasteiger partial charge >= 0.3 is 0 Å². The number of amides is 2. The zero-order valence-corrected chi connectivity index (χ0v) is 26.1. The van der Waals surface area contributed by atoms with Crippen LogP contribution in [0, 0.1) is 5.82 Å². The predicted octanol–water partition coefficient (Wildman–Crippen LogP) is 6.23. The molecule has 0 fully saturated rings. The highest BCUT2D eigenvalue weighted by atomic mass is 35.5. The van der Waals surface area contributed by atoms with Gasteiger partial charge in [0.05, 0.1) is 10.6 Å². The van der Waals surface area contributed by atoms with Crippen molar-refractivity contribution in [2.45, 2.75) is 50.2 Å². The third-order valence-electron chi connectivity index (χ3n) is 7.26. The Labute approximate surface area is 263 Å². The van der Waals surface area contributed by atoms with Crippen LogP contribution in [0.2, 0.25) is 5.02 Å². The van der Waals surface area contributed by atoms with Crippen molar-refractivity contribution < 1.29 is 22.4 Å². The van der Waals surface area contributed by atoms with Gasteiger partial charge in [-0.15, -0.1) is 0 Å². The molecule has 2 amide bonds. The second-order valence-electron chi connectivity index (χ2n) is 10.5. The van der Waals surface area contributed by atoms with Crippen LogP contribution in [-0.4, -0.2) is 43.8 Å². The Morgan fingerprint density at radius 1 is 0.841 bits per heavy atom. The second-order valence-corrected chi connectivity index (χ2v) is 12.8. The van der Waals surface area contributed by atoms with Gasteiger partial charge in [0.1, 0.15) is 18.4 Å². The first-order chi connectivity index (χ1) is 21.1. The average Bonchev–Trinajstić information content (AvgIpc) is 3.03. The highest BCUT2D eigenvalue weighted by molar-refractivity contribution is 7.92. The number of carbonyl (C=O) groups is 2. The molecule has 0 heterocycles. The van der Waals surface area contributed by atoms with Crippen LogP contribution in [0.5, 0.6) is 0 Å². The monoisotopic (exact) mass is 635 g/mol. The molecule has 0 spiro atoms. The first-order valence-corrected chi connectivity index (χ1v) is 16.1. The minimum absolute atomic E-state index is 0.0179. The van der Waals surface area contributed by atoms with E-state index < -0.39 is 34.3 Å². The summed E-state index contributed by atoms with van der Waals surface area (Å²) in [7, 11) is -4.26. The maximum atomic E-state index is 14.4. The van der Waals surface area contributed by atoms with Crippen LogP contribution in [0.15, 0.2) is 114 Å². The number of nitrogens with zero attached hydrogens (tertiary/aromatic N) is 2. The molecule has 0 radical (unpaired) electrons. The largest absolute Gasteiger partial charge is 0.352 e. The Kier molecular flexibility index (Phi) is 11.1. The molecule has 44 heavy (non-hydrogen) atoms. The summed E-state index contributed by atoms with van der Waals surface area (Å²) in [5.74, 6) is -1.51. The normalized spacial score (nSPS) is 12.6. The quantitative estimate of drug-likeness (QED) is 0.189. The van der Waals surface area contributed by atoms with E-state index in [1.165, 1.54) is 29.2 Å². The summed E-state index contributed by atoms with van der Waals surface area (Å²) in [6, 6.07) is 27.7. The lowest BCUT2D eigenvalue weighted by atomic mass is 10.0. The van der Waals surface area contributed by atoms with Gasteiger partial charge in [-0.05, 0) is 73.0 Å². The fourth-order valence-corrected chi connectivity index (χ4v) is 6.20. The number of benzene rings is 4. The molecule has 0 aromatic heterocycles. The first kappa shape index (κ1) is 32.7. The van der Waals surface area contributed by atoms with Gasteiger partial charge in [-0.2, -0.15) is 0 Å².